The highest BCUT2D eigenvalue weighted by Gasteiger charge is 2.35. The molecule has 2 aromatic rings. The van der Waals surface area contributed by atoms with Crippen LogP contribution in [-0.2, 0) is 14.8 Å². The van der Waals surface area contributed by atoms with Gasteiger partial charge in [-0.1, -0.05) is 32.3 Å². The summed E-state index contributed by atoms with van der Waals surface area (Å²) < 4.78 is 34.0. The third-order valence-electron chi connectivity index (χ3n) is 7.50. The molecule has 38 heavy (non-hydrogen) atoms. The summed E-state index contributed by atoms with van der Waals surface area (Å²) in [5, 5.41) is 14.6. The first-order valence-electron chi connectivity index (χ1n) is 13.1. The van der Waals surface area contributed by atoms with Crippen molar-refractivity contribution in [3.8, 4) is 5.75 Å². The maximum atomic E-state index is 13.6. The van der Waals surface area contributed by atoms with Gasteiger partial charge in [-0.3, -0.25) is 9.59 Å². The Kier molecular flexibility index (Phi) is 9.12. The topological polar surface area (TPSA) is 116 Å². The maximum absolute atomic E-state index is 13.6. The molecule has 4 rings (SSSR count). The summed E-state index contributed by atoms with van der Waals surface area (Å²) in [6.45, 7) is 3.81. The van der Waals surface area contributed by atoms with Gasteiger partial charge in [-0.15, -0.1) is 11.3 Å². The van der Waals surface area contributed by atoms with E-state index in [1.807, 2.05) is 6.92 Å². The lowest BCUT2D eigenvalue weighted by Gasteiger charge is -2.38. The number of anilines is 1. The summed E-state index contributed by atoms with van der Waals surface area (Å²) in [7, 11) is -2.17. The molecule has 1 aliphatic heterocycles. The number of nitrogens with zero attached hydrogens (tertiary/aromatic N) is 2. The van der Waals surface area contributed by atoms with E-state index in [0.29, 0.717) is 11.4 Å². The maximum Gasteiger partial charge on any atom is 0.258 e. The van der Waals surface area contributed by atoms with Crippen LogP contribution >= 0.6 is 11.3 Å². The molecule has 1 saturated carbocycles. The number of ether oxygens (including phenoxy) is 1. The molecule has 208 valence electrons. The SMILES string of the molecule is C[C@@H]1CN([C@@H](C)CO)C(=O)c2cc(NC(=O)C3CCCCC3)ccc2O[C@H]1CN(C)S(=O)(=O)c1cccs1. The van der Waals surface area contributed by atoms with Crippen molar-refractivity contribution in [1.29, 1.82) is 0 Å². The molecule has 0 unspecified atom stereocenters. The fraction of sp³-hybridized carbons (Fsp3) is 0.556. The van der Waals surface area contributed by atoms with Crippen LogP contribution in [-0.4, -0.2) is 73.4 Å². The predicted octanol–water partition coefficient (Wildman–Crippen LogP) is 3.81. The number of carbonyl (C=O) groups is 2. The minimum atomic E-state index is -3.69. The number of benzene rings is 1. The number of likely N-dealkylation sites (N-methyl/N-ethyl adjacent to an activating group) is 1. The van der Waals surface area contributed by atoms with Crippen LogP contribution < -0.4 is 10.1 Å². The van der Waals surface area contributed by atoms with E-state index in [-0.39, 0.29) is 53.1 Å². The first-order valence-corrected chi connectivity index (χ1v) is 15.5. The molecule has 0 bridgehead atoms. The van der Waals surface area contributed by atoms with Gasteiger partial charge >= 0.3 is 0 Å². The van der Waals surface area contributed by atoms with Crippen LogP contribution in [0.4, 0.5) is 5.69 Å². The molecule has 1 aliphatic carbocycles. The van der Waals surface area contributed by atoms with E-state index in [4.69, 9.17) is 4.74 Å². The zero-order valence-electron chi connectivity index (χ0n) is 22.1. The number of carbonyl (C=O) groups excluding carboxylic acids is 2. The Morgan fingerprint density at radius 2 is 2.00 bits per heavy atom. The van der Waals surface area contributed by atoms with Crippen LogP contribution in [0, 0.1) is 11.8 Å². The van der Waals surface area contributed by atoms with Crippen LogP contribution in [0.3, 0.4) is 0 Å². The second-order valence-electron chi connectivity index (χ2n) is 10.4. The Bertz CT molecular complexity index is 1230. The molecule has 2 amide bonds. The van der Waals surface area contributed by atoms with Gasteiger partial charge < -0.3 is 20.1 Å². The van der Waals surface area contributed by atoms with Crippen molar-refractivity contribution in [2.75, 3.05) is 32.1 Å². The summed E-state index contributed by atoms with van der Waals surface area (Å²) in [4.78, 5) is 28.1. The van der Waals surface area contributed by atoms with Crippen molar-refractivity contribution in [3.05, 3.63) is 41.3 Å². The second kappa shape index (κ2) is 12.1. The molecular formula is C27H37N3O6S2. The number of nitrogens with one attached hydrogen (secondary N) is 1. The lowest BCUT2D eigenvalue weighted by atomic mass is 9.88. The third kappa shape index (κ3) is 6.22. The molecule has 2 N–H and O–H groups in total. The first-order chi connectivity index (χ1) is 18.1. The average Bonchev–Trinajstić information content (AvgIpc) is 3.47. The molecule has 0 spiro atoms. The van der Waals surface area contributed by atoms with Gasteiger partial charge in [-0.05, 0) is 49.4 Å². The zero-order valence-corrected chi connectivity index (χ0v) is 23.8. The molecular weight excluding hydrogens is 526 g/mol. The van der Waals surface area contributed by atoms with Gasteiger partial charge in [0.1, 0.15) is 16.1 Å². The van der Waals surface area contributed by atoms with Crippen molar-refractivity contribution in [3.63, 3.8) is 0 Å². The van der Waals surface area contributed by atoms with Crippen molar-refractivity contribution >= 4 is 38.9 Å². The predicted molar refractivity (Wildman–Crippen MR) is 147 cm³/mol. The number of hydrogen-bond donors (Lipinski definition) is 2. The molecule has 0 radical (unpaired) electrons. The number of hydrogen-bond acceptors (Lipinski definition) is 7. The Labute approximate surface area is 228 Å². The minimum Gasteiger partial charge on any atom is -0.488 e. The molecule has 1 aromatic heterocycles. The van der Waals surface area contributed by atoms with Crippen LogP contribution in [0.5, 0.6) is 5.75 Å². The Balaban J connectivity index is 1.62. The van der Waals surface area contributed by atoms with E-state index in [1.165, 1.54) is 11.4 Å². The minimum absolute atomic E-state index is 0.0327. The van der Waals surface area contributed by atoms with Crippen molar-refractivity contribution in [2.24, 2.45) is 11.8 Å². The number of amides is 2. The number of aliphatic hydroxyl groups is 1. The summed E-state index contributed by atoms with van der Waals surface area (Å²) in [6, 6.07) is 7.80. The van der Waals surface area contributed by atoms with Gasteiger partial charge in [0, 0.05) is 31.1 Å². The van der Waals surface area contributed by atoms with Crippen LogP contribution in [0.1, 0.15) is 56.3 Å². The highest BCUT2D eigenvalue weighted by atomic mass is 32.2. The normalized spacial score (nSPS) is 21.8. The van der Waals surface area contributed by atoms with Gasteiger partial charge in [0.25, 0.3) is 15.9 Å². The first kappa shape index (κ1) is 28.5. The van der Waals surface area contributed by atoms with Crippen molar-refractivity contribution in [1.82, 2.24) is 9.21 Å². The summed E-state index contributed by atoms with van der Waals surface area (Å²) in [5.41, 5.74) is 0.780. The van der Waals surface area contributed by atoms with E-state index >= 15 is 0 Å². The molecule has 2 heterocycles. The quantitative estimate of drug-likeness (QED) is 0.505. The fourth-order valence-corrected chi connectivity index (χ4v) is 7.43. The molecule has 9 nitrogen and oxygen atoms in total. The highest BCUT2D eigenvalue weighted by molar-refractivity contribution is 7.91. The Morgan fingerprint density at radius 3 is 2.66 bits per heavy atom. The van der Waals surface area contributed by atoms with Gasteiger partial charge in [-0.2, -0.15) is 4.31 Å². The number of aliphatic hydroxyl groups excluding tert-OH is 1. The molecule has 1 fully saturated rings. The van der Waals surface area contributed by atoms with Gasteiger partial charge in [0.05, 0.1) is 24.8 Å². The lowest BCUT2D eigenvalue weighted by Crippen LogP contribution is -2.50. The zero-order chi connectivity index (χ0) is 27.4. The van der Waals surface area contributed by atoms with E-state index in [1.54, 1.807) is 47.5 Å². The summed E-state index contributed by atoms with van der Waals surface area (Å²) in [6.07, 6.45) is 4.40. The summed E-state index contributed by atoms with van der Waals surface area (Å²) in [5.74, 6) is -0.293. The van der Waals surface area contributed by atoms with Gasteiger partial charge in [0.2, 0.25) is 5.91 Å². The average molecular weight is 564 g/mol. The van der Waals surface area contributed by atoms with Crippen molar-refractivity contribution < 1.29 is 27.9 Å². The molecule has 3 atom stereocenters. The van der Waals surface area contributed by atoms with Gasteiger partial charge in [0.15, 0.2) is 0 Å². The third-order valence-corrected chi connectivity index (χ3v) is 10.7. The van der Waals surface area contributed by atoms with Crippen LogP contribution in [0.2, 0.25) is 0 Å². The number of rotatable bonds is 8. The Hall–Kier alpha value is -2.47. The smallest absolute Gasteiger partial charge is 0.258 e. The monoisotopic (exact) mass is 563 g/mol. The molecule has 11 heteroatoms. The van der Waals surface area contributed by atoms with Gasteiger partial charge in [-0.25, -0.2) is 8.42 Å². The largest absolute Gasteiger partial charge is 0.488 e. The van der Waals surface area contributed by atoms with E-state index in [9.17, 15) is 23.1 Å². The van der Waals surface area contributed by atoms with E-state index in [0.717, 1.165) is 43.4 Å². The second-order valence-corrected chi connectivity index (χ2v) is 13.6. The number of thiophene rings is 1. The molecule has 0 saturated heterocycles. The lowest BCUT2D eigenvalue weighted by molar-refractivity contribution is -0.120. The highest BCUT2D eigenvalue weighted by Crippen LogP contribution is 2.32. The number of fused-ring (bicyclic) bond motifs is 1. The van der Waals surface area contributed by atoms with E-state index < -0.39 is 22.2 Å². The number of sulfonamides is 1. The fourth-order valence-electron chi connectivity index (χ4n) is 5.04. The molecule has 2 aliphatic rings. The van der Waals surface area contributed by atoms with E-state index in [2.05, 4.69) is 5.32 Å². The summed E-state index contributed by atoms with van der Waals surface area (Å²) >= 11 is 1.16. The molecule has 1 aromatic carbocycles. The Morgan fingerprint density at radius 1 is 1.26 bits per heavy atom. The standard InChI is InChI=1S/C27H37N3O6S2/c1-18-15-30(19(2)17-31)27(33)22-14-21(28-26(32)20-8-5-4-6-9-20)11-12-23(22)36-24(18)16-29(3)38(34,35)25-10-7-13-37-25/h7,10-14,18-20,24,31H,4-6,8-9,15-17H2,1-3H3,(H,28,32)/t18-,19+,24+/m1/s1. The van der Waals surface area contributed by atoms with Crippen LogP contribution in [0.15, 0.2) is 39.9 Å². The van der Waals surface area contributed by atoms with Crippen LogP contribution in [0.25, 0.3) is 0 Å². The van der Waals surface area contributed by atoms with Crippen molar-refractivity contribution in [2.45, 2.75) is 62.3 Å².